The lowest BCUT2D eigenvalue weighted by atomic mass is 10.1. The molecule has 1 aromatic heterocycles. The molecule has 0 unspecified atom stereocenters. The summed E-state index contributed by atoms with van der Waals surface area (Å²) in [5.74, 6) is -0.871. The van der Waals surface area contributed by atoms with Crippen LogP contribution in [0.15, 0.2) is 49.0 Å². The van der Waals surface area contributed by atoms with Gasteiger partial charge in [-0.05, 0) is 42.5 Å². The van der Waals surface area contributed by atoms with Crippen LogP contribution in [0.1, 0.15) is 58.4 Å². The van der Waals surface area contributed by atoms with E-state index in [9.17, 15) is 9.90 Å². The fourth-order valence-corrected chi connectivity index (χ4v) is 4.44. The first-order valence-electron chi connectivity index (χ1n) is 10.4. The van der Waals surface area contributed by atoms with E-state index in [1.165, 1.54) is 25.7 Å². The summed E-state index contributed by atoms with van der Waals surface area (Å²) in [7, 11) is 0. The molecule has 3 aromatic rings. The van der Waals surface area contributed by atoms with Crippen LogP contribution in [0.5, 0.6) is 0 Å². The maximum Gasteiger partial charge on any atom is 0.352 e. The minimum atomic E-state index is -0.871. The van der Waals surface area contributed by atoms with Crippen LogP contribution in [0, 0.1) is 6.92 Å². The average Bonchev–Trinajstić information content (AvgIpc) is 3.33. The van der Waals surface area contributed by atoms with Crippen molar-refractivity contribution >= 4 is 22.9 Å². The Kier molecular flexibility index (Phi) is 5.54. The molecule has 150 valence electrons. The predicted molar refractivity (Wildman–Crippen MR) is 118 cm³/mol. The maximum absolute atomic E-state index is 12.3. The van der Waals surface area contributed by atoms with Gasteiger partial charge in [-0.1, -0.05) is 61.9 Å². The highest BCUT2D eigenvalue weighted by molar-refractivity contribution is 5.98. The zero-order valence-corrected chi connectivity index (χ0v) is 16.9. The van der Waals surface area contributed by atoms with Gasteiger partial charge in [-0.3, -0.25) is 0 Å². The van der Waals surface area contributed by atoms with Crippen LogP contribution in [0.3, 0.4) is 0 Å². The molecule has 0 aliphatic heterocycles. The second kappa shape index (κ2) is 8.26. The summed E-state index contributed by atoms with van der Waals surface area (Å²) in [6.07, 6.45) is 6.68. The first-order valence-corrected chi connectivity index (χ1v) is 10.4. The molecule has 2 N–H and O–H groups in total. The Morgan fingerprint density at radius 3 is 2.59 bits per heavy atom. The van der Waals surface area contributed by atoms with E-state index in [1.54, 1.807) is 0 Å². The standard InChI is InChI=1S/C25H28N2O2/c1-3-18-9-11-19(12-10-18)16-27-23-14-17(2)8-13-21(23)22(24(27)25(28)29)15-26-20-6-4-5-7-20/h3,8-14,20,26H,1,4-7,15-16H2,2H3,(H,28,29). The lowest BCUT2D eigenvalue weighted by Gasteiger charge is -2.13. The molecule has 1 aliphatic carbocycles. The fourth-order valence-electron chi connectivity index (χ4n) is 4.44. The van der Waals surface area contributed by atoms with Crippen molar-refractivity contribution in [2.75, 3.05) is 0 Å². The number of benzene rings is 2. The maximum atomic E-state index is 12.3. The monoisotopic (exact) mass is 388 g/mol. The van der Waals surface area contributed by atoms with Crippen molar-refractivity contribution in [2.24, 2.45) is 0 Å². The number of aromatic carboxylic acids is 1. The van der Waals surface area contributed by atoms with Gasteiger partial charge in [-0.2, -0.15) is 0 Å². The summed E-state index contributed by atoms with van der Waals surface area (Å²) < 4.78 is 1.96. The molecular weight excluding hydrogens is 360 g/mol. The fraction of sp³-hybridized carbons (Fsp3) is 0.320. The molecule has 1 saturated carbocycles. The van der Waals surface area contributed by atoms with Gasteiger partial charge in [-0.25, -0.2) is 4.79 Å². The van der Waals surface area contributed by atoms with Crippen molar-refractivity contribution in [3.8, 4) is 0 Å². The van der Waals surface area contributed by atoms with Gasteiger partial charge in [0.15, 0.2) is 0 Å². The number of rotatable bonds is 7. The van der Waals surface area contributed by atoms with E-state index in [2.05, 4.69) is 30.1 Å². The highest BCUT2D eigenvalue weighted by Gasteiger charge is 2.24. The summed E-state index contributed by atoms with van der Waals surface area (Å²) in [4.78, 5) is 12.3. The molecule has 0 atom stereocenters. The van der Waals surface area contributed by atoms with Crippen LogP contribution in [-0.2, 0) is 13.1 Å². The highest BCUT2D eigenvalue weighted by atomic mass is 16.4. The van der Waals surface area contributed by atoms with Gasteiger partial charge in [0.05, 0.1) is 0 Å². The Labute approximate surface area is 171 Å². The number of nitrogens with one attached hydrogen (secondary N) is 1. The summed E-state index contributed by atoms with van der Waals surface area (Å²) in [6, 6.07) is 14.8. The van der Waals surface area contributed by atoms with Gasteiger partial charge in [0, 0.05) is 35.6 Å². The molecule has 0 radical (unpaired) electrons. The molecule has 29 heavy (non-hydrogen) atoms. The Hall–Kier alpha value is -2.85. The first kappa shape index (κ1) is 19.5. The quantitative estimate of drug-likeness (QED) is 0.572. The van der Waals surface area contributed by atoms with Gasteiger partial charge in [0.1, 0.15) is 5.69 Å². The van der Waals surface area contributed by atoms with Gasteiger partial charge < -0.3 is 15.0 Å². The second-order valence-corrected chi connectivity index (χ2v) is 8.05. The number of nitrogens with zero attached hydrogens (tertiary/aromatic N) is 1. The minimum Gasteiger partial charge on any atom is -0.477 e. The molecule has 1 fully saturated rings. The van der Waals surface area contributed by atoms with Crippen LogP contribution < -0.4 is 5.32 Å². The number of carboxylic acids is 1. The van der Waals surface area contributed by atoms with Crippen LogP contribution >= 0.6 is 0 Å². The average molecular weight is 389 g/mol. The summed E-state index contributed by atoms with van der Waals surface area (Å²) in [6.45, 7) is 6.97. The van der Waals surface area contributed by atoms with E-state index in [-0.39, 0.29) is 0 Å². The predicted octanol–water partition coefficient (Wildman–Crippen LogP) is 5.37. The number of hydrogen-bond donors (Lipinski definition) is 2. The van der Waals surface area contributed by atoms with Gasteiger partial charge >= 0.3 is 5.97 Å². The number of carboxylic acid groups (broad SMARTS) is 1. The topological polar surface area (TPSA) is 54.3 Å². The van der Waals surface area contributed by atoms with E-state index in [0.29, 0.717) is 24.8 Å². The molecule has 1 aliphatic rings. The third-order valence-electron chi connectivity index (χ3n) is 6.01. The Morgan fingerprint density at radius 2 is 1.93 bits per heavy atom. The summed E-state index contributed by atoms with van der Waals surface area (Å²) in [5, 5.41) is 14.7. The first-order chi connectivity index (χ1) is 14.1. The van der Waals surface area contributed by atoms with Crippen molar-refractivity contribution in [2.45, 2.75) is 51.7 Å². The van der Waals surface area contributed by atoms with E-state index in [1.807, 2.05) is 41.8 Å². The summed E-state index contributed by atoms with van der Waals surface area (Å²) in [5.41, 5.74) is 5.53. The van der Waals surface area contributed by atoms with E-state index >= 15 is 0 Å². The molecule has 2 aromatic carbocycles. The van der Waals surface area contributed by atoms with Crippen molar-refractivity contribution < 1.29 is 9.90 Å². The Balaban J connectivity index is 1.77. The second-order valence-electron chi connectivity index (χ2n) is 8.05. The molecule has 0 amide bonds. The molecule has 0 saturated heterocycles. The lowest BCUT2D eigenvalue weighted by Crippen LogP contribution is -2.26. The minimum absolute atomic E-state index is 0.392. The van der Waals surface area contributed by atoms with Crippen molar-refractivity contribution in [1.29, 1.82) is 0 Å². The van der Waals surface area contributed by atoms with Crippen LogP contribution in [0.4, 0.5) is 0 Å². The van der Waals surface area contributed by atoms with E-state index < -0.39 is 5.97 Å². The Bertz CT molecular complexity index is 1040. The third kappa shape index (κ3) is 3.99. The number of fused-ring (bicyclic) bond motifs is 1. The van der Waals surface area contributed by atoms with Crippen LogP contribution in [0.2, 0.25) is 0 Å². The SMILES string of the molecule is C=Cc1ccc(Cn2c(C(=O)O)c(CNC3CCCC3)c3ccc(C)cc32)cc1. The molecule has 4 heteroatoms. The van der Waals surface area contributed by atoms with Crippen molar-refractivity contribution in [1.82, 2.24) is 9.88 Å². The number of carbonyl (C=O) groups is 1. The third-order valence-corrected chi connectivity index (χ3v) is 6.01. The molecule has 0 bridgehead atoms. The lowest BCUT2D eigenvalue weighted by molar-refractivity contribution is 0.0684. The largest absolute Gasteiger partial charge is 0.477 e. The number of aryl methyl sites for hydroxylation is 1. The molecule has 1 heterocycles. The zero-order chi connectivity index (χ0) is 20.4. The van der Waals surface area contributed by atoms with E-state index in [0.717, 1.165) is 33.2 Å². The van der Waals surface area contributed by atoms with Crippen LogP contribution in [0.25, 0.3) is 17.0 Å². The highest BCUT2D eigenvalue weighted by Crippen LogP contribution is 2.29. The zero-order valence-electron chi connectivity index (χ0n) is 16.9. The molecule has 4 rings (SSSR count). The molecular formula is C25H28N2O2. The normalized spacial score (nSPS) is 14.5. The molecule has 4 nitrogen and oxygen atoms in total. The van der Waals surface area contributed by atoms with Gasteiger partial charge in [-0.15, -0.1) is 0 Å². The van der Waals surface area contributed by atoms with Crippen LogP contribution in [-0.4, -0.2) is 21.7 Å². The smallest absolute Gasteiger partial charge is 0.352 e. The van der Waals surface area contributed by atoms with Gasteiger partial charge in [0.2, 0.25) is 0 Å². The van der Waals surface area contributed by atoms with E-state index in [4.69, 9.17) is 0 Å². The molecule has 0 spiro atoms. The summed E-state index contributed by atoms with van der Waals surface area (Å²) >= 11 is 0. The van der Waals surface area contributed by atoms with Crippen molar-refractivity contribution in [3.05, 3.63) is 77.0 Å². The Morgan fingerprint density at radius 1 is 1.21 bits per heavy atom. The number of hydrogen-bond acceptors (Lipinski definition) is 2. The number of aromatic nitrogens is 1. The van der Waals surface area contributed by atoms with Gasteiger partial charge in [0.25, 0.3) is 0 Å². The van der Waals surface area contributed by atoms with Crippen molar-refractivity contribution in [3.63, 3.8) is 0 Å².